The fourth-order valence-corrected chi connectivity index (χ4v) is 3.38. The van der Waals surface area contributed by atoms with E-state index in [1.165, 1.54) is 18.1 Å². The predicted molar refractivity (Wildman–Crippen MR) is 75.2 cm³/mol. The molecule has 4 atom stereocenters. The van der Waals surface area contributed by atoms with Crippen molar-refractivity contribution in [3.63, 3.8) is 0 Å². The fraction of sp³-hybridized carbons (Fsp3) is 0.562. The second-order valence-electron chi connectivity index (χ2n) is 6.33. The number of amides is 1. The molecule has 2 aliphatic rings. The van der Waals surface area contributed by atoms with Gasteiger partial charge in [-0.15, -0.1) is 0 Å². The van der Waals surface area contributed by atoms with Gasteiger partial charge in [-0.1, -0.05) is 24.3 Å². The van der Waals surface area contributed by atoms with Crippen molar-refractivity contribution >= 4 is 5.91 Å². The molecule has 3 N–H and O–H groups in total. The van der Waals surface area contributed by atoms with Gasteiger partial charge in [0.25, 0.3) is 0 Å². The summed E-state index contributed by atoms with van der Waals surface area (Å²) in [5.74, 6) is 0.835. The van der Waals surface area contributed by atoms with Crippen LogP contribution in [0.1, 0.15) is 30.4 Å². The Balaban J connectivity index is 1.66. The molecule has 20 heavy (non-hydrogen) atoms. The van der Waals surface area contributed by atoms with E-state index in [0.717, 1.165) is 12.8 Å². The lowest BCUT2D eigenvalue weighted by Gasteiger charge is -2.20. The van der Waals surface area contributed by atoms with Crippen LogP contribution in [0.2, 0.25) is 0 Å². The van der Waals surface area contributed by atoms with Crippen LogP contribution in [0.3, 0.4) is 0 Å². The van der Waals surface area contributed by atoms with Crippen LogP contribution in [0.4, 0.5) is 0 Å². The van der Waals surface area contributed by atoms with Crippen molar-refractivity contribution in [1.82, 2.24) is 5.32 Å². The molecule has 0 spiro atoms. The lowest BCUT2D eigenvalue weighted by atomic mass is 9.92. The van der Waals surface area contributed by atoms with Crippen LogP contribution in [0.25, 0.3) is 0 Å². The summed E-state index contributed by atoms with van der Waals surface area (Å²) in [6, 6.07) is 8.36. The van der Waals surface area contributed by atoms with Crippen LogP contribution in [-0.4, -0.2) is 34.9 Å². The number of aliphatic hydroxyl groups is 2. The molecule has 2 aliphatic carbocycles. The molecule has 4 heteroatoms. The standard InChI is InChI=1S/C16H21NO3/c1-16(20,9-18)8-17-15(19)14-12-7-6-10-4-2-3-5-11(10)13(12)14/h2-5,12-14,18,20H,6-9H2,1H3,(H,17,19). The molecule has 3 rings (SSSR count). The SMILES string of the molecule is CC(O)(CO)CNC(=O)C1C2CCc3ccccc3C21. The summed E-state index contributed by atoms with van der Waals surface area (Å²) < 4.78 is 0. The molecule has 0 bridgehead atoms. The molecule has 4 unspecified atom stereocenters. The van der Waals surface area contributed by atoms with E-state index in [2.05, 4.69) is 23.5 Å². The van der Waals surface area contributed by atoms with Gasteiger partial charge in [0.2, 0.25) is 5.91 Å². The minimum absolute atomic E-state index is 0.00503. The van der Waals surface area contributed by atoms with E-state index >= 15 is 0 Å². The van der Waals surface area contributed by atoms with Gasteiger partial charge in [0.15, 0.2) is 0 Å². The van der Waals surface area contributed by atoms with E-state index in [0.29, 0.717) is 11.8 Å². The van der Waals surface area contributed by atoms with Gasteiger partial charge < -0.3 is 15.5 Å². The maximum Gasteiger partial charge on any atom is 0.224 e. The van der Waals surface area contributed by atoms with E-state index in [-0.39, 0.29) is 25.0 Å². The second kappa shape index (κ2) is 4.86. The van der Waals surface area contributed by atoms with Crippen LogP contribution in [0.15, 0.2) is 24.3 Å². The summed E-state index contributed by atoms with van der Waals surface area (Å²) in [7, 11) is 0. The van der Waals surface area contributed by atoms with E-state index < -0.39 is 5.60 Å². The van der Waals surface area contributed by atoms with E-state index in [1.807, 2.05) is 6.07 Å². The fourth-order valence-electron chi connectivity index (χ4n) is 3.38. The number of aliphatic hydroxyl groups excluding tert-OH is 1. The van der Waals surface area contributed by atoms with Gasteiger partial charge in [-0.3, -0.25) is 4.79 Å². The molecule has 1 amide bonds. The second-order valence-corrected chi connectivity index (χ2v) is 6.33. The van der Waals surface area contributed by atoms with Crippen molar-refractivity contribution < 1.29 is 15.0 Å². The van der Waals surface area contributed by atoms with E-state index in [1.54, 1.807) is 0 Å². The van der Waals surface area contributed by atoms with Crippen LogP contribution in [-0.2, 0) is 11.2 Å². The van der Waals surface area contributed by atoms with Gasteiger partial charge in [-0.2, -0.15) is 0 Å². The van der Waals surface area contributed by atoms with Gasteiger partial charge in [0, 0.05) is 12.5 Å². The number of hydrogen-bond acceptors (Lipinski definition) is 3. The third kappa shape index (κ3) is 2.34. The Bertz CT molecular complexity index is 526. The third-order valence-electron chi connectivity index (χ3n) is 4.62. The van der Waals surface area contributed by atoms with Crippen molar-refractivity contribution in [3.05, 3.63) is 35.4 Å². The van der Waals surface area contributed by atoms with Crippen molar-refractivity contribution in [1.29, 1.82) is 0 Å². The van der Waals surface area contributed by atoms with Crippen molar-refractivity contribution in [3.8, 4) is 0 Å². The number of carbonyl (C=O) groups is 1. The zero-order valence-corrected chi connectivity index (χ0v) is 11.7. The summed E-state index contributed by atoms with van der Waals surface area (Å²) in [4.78, 5) is 12.2. The number of nitrogens with one attached hydrogen (secondary N) is 1. The normalized spacial score (nSPS) is 29.9. The highest BCUT2D eigenvalue weighted by Crippen LogP contribution is 2.59. The predicted octanol–water partition coefficient (Wildman–Crippen LogP) is 0.822. The number of fused-ring (bicyclic) bond motifs is 3. The topological polar surface area (TPSA) is 69.6 Å². The molecular weight excluding hydrogens is 254 g/mol. The summed E-state index contributed by atoms with van der Waals surface area (Å²) in [5.41, 5.74) is 1.44. The summed E-state index contributed by atoms with van der Waals surface area (Å²) in [6.45, 7) is 1.26. The summed E-state index contributed by atoms with van der Waals surface area (Å²) in [6.07, 6.45) is 2.12. The Morgan fingerprint density at radius 2 is 2.20 bits per heavy atom. The first-order valence-corrected chi connectivity index (χ1v) is 7.22. The Kier molecular flexibility index (Phi) is 3.30. The number of rotatable bonds is 4. The van der Waals surface area contributed by atoms with Gasteiger partial charge in [-0.25, -0.2) is 0 Å². The molecule has 1 aromatic rings. The monoisotopic (exact) mass is 275 g/mol. The van der Waals surface area contributed by atoms with Crippen molar-refractivity contribution in [2.75, 3.05) is 13.2 Å². The first-order chi connectivity index (χ1) is 9.53. The van der Waals surface area contributed by atoms with Crippen molar-refractivity contribution in [2.45, 2.75) is 31.3 Å². The van der Waals surface area contributed by atoms with Gasteiger partial charge >= 0.3 is 0 Å². The van der Waals surface area contributed by atoms with Crippen LogP contribution in [0.5, 0.6) is 0 Å². The Labute approximate surface area is 118 Å². The van der Waals surface area contributed by atoms with E-state index in [4.69, 9.17) is 5.11 Å². The molecule has 108 valence electrons. The Morgan fingerprint density at radius 1 is 1.45 bits per heavy atom. The average molecular weight is 275 g/mol. The average Bonchev–Trinajstić information content (AvgIpc) is 3.20. The summed E-state index contributed by atoms with van der Waals surface area (Å²) in [5, 5.41) is 21.5. The summed E-state index contributed by atoms with van der Waals surface area (Å²) >= 11 is 0. The molecule has 0 aliphatic heterocycles. The molecule has 0 saturated heterocycles. The molecule has 4 nitrogen and oxygen atoms in total. The van der Waals surface area contributed by atoms with Crippen LogP contribution >= 0.6 is 0 Å². The third-order valence-corrected chi connectivity index (χ3v) is 4.62. The number of carbonyl (C=O) groups excluding carboxylic acids is 1. The lowest BCUT2D eigenvalue weighted by molar-refractivity contribution is -0.124. The zero-order chi connectivity index (χ0) is 14.3. The lowest BCUT2D eigenvalue weighted by Crippen LogP contribution is -2.43. The highest BCUT2D eigenvalue weighted by Gasteiger charge is 2.56. The van der Waals surface area contributed by atoms with Crippen molar-refractivity contribution in [2.24, 2.45) is 11.8 Å². The zero-order valence-electron chi connectivity index (χ0n) is 11.7. The van der Waals surface area contributed by atoms with E-state index in [9.17, 15) is 9.90 Å². The first-order valence-electron chi connectivity index (χ1n) is 7.22. The number of aryl methyl sites for hydroxylation is 1. The molecule has 1 aromatic carbocycles. The molecule has 0 radical (unpaired) electrons. The Morgan fingerprint density at radius 3 is 2.95 bits per heavy atom. The largest absolute Gasteiger partial charge is 0.393 e. The Hall–Kier alpha value is -1.39. The smallest absolute Gasteiger partial charge is 0.224 e. The maximum atomic E-state index is 12.2. The number of hydrogen-bond donors (Lipinski definition) is 3. The first kappa shape index (κ1) is 13.6. The highest BCUT2D eigenvalue weighted by molar-refractivity contribution is 5.84. The quantitative estimate of drug-likeness (QED) is 0.762. The molecule has 1 saturated carbocycles. The molecule has 0 aromatic heterocycles. The number of benzene rings is 1. The minimum Gasteiger partial charge on any atom is -0.393 e. The molecular formula is C16H21NO3. The molecule has 1 fully saturated rings. The van der Waals surface area contributed by atoms with Crippen LogP contribution < -0.4 is 5.32 Å². The maximum absolute atomic E-state index is 12.2. The highest BCUT2D eigenvalue weighted by atomic mass is 16.3. The van der Waals surface area contributed by atoms with Gasteiger partial charge in [-0.05, 0) is 42.7 Å². The van der Waals surface area contributed by atoms with Crippen LogP contribution in [0, 0.1) is 11.8 Å². The minimum atomic E-state index is -1.24. The molecule has 0 heterocycles. The van der Waals surface area contributed by atoms with Gasteiger partial charge in [0.1, 0.15) is 5.60 Å². The van der Waals surface area contributed by atoms with Gasteiger partial charge in [0.05, 0.1) is 6.61 Å².